The standard InChI is InChI=1S/C21H25N3O3/c1-16(22-21(26)27-15-17-9-3-2-4-10-17)20(25)23-18-11-5-6-12-19(18)24-13-7-8-14-24/h2-6,9-12,16H,7-8,13-15H2,1H3,(H,22,26)(H,23,25)/t16-/m1/s1. The van der Waals surface area contributed by atoms with Crippen LogP contribution in [0.4, 0.5) is 16.2 Å². The van der Waals surface area contributed by atoms with Crippen LogP contribution in [-0.2, 0) is 16.1 Å². The first kappa shape index (κ1) is 18.8. The van der Waals surface area contributed by atoms with E-state index in [0.717, 1.165) is 42.9 Å². The Morgan fingerprint density at radius 1 is 1.04 bits per heavy atom. The van der Waals surface area contributed by atoms with Gasteiger partial charge in [0.2, 0.25) is 5.91 Å². The lowest BCUT2D eigenvalue weighted by molar-refractivity contribution is -0.117. The molecule has 1 atom stereocenters. The van der Waals surface area contributed by atoms with E-state index in [2.05, 4.69) is 15.5 Å². The first-order chi connectivity index (χ1) is 13.1. The van der Waals surface area contributed by atoms with E-state index in [1.807, 2.05) is 54.6 Å². The highest BCUT2D eigenvalue weighted by atomic mass is 16.5. The van der Waals surface area contributed by atoms with Crippen LogP contribution in [0.3, 0.4) is 0 Å². The average molecular weight is 367 g/mol. The van der Waals surface area contributed by atoms with Crippen LogP contribution in [0.5, 0.6) is 0 Å². The number of hydrogen-bond acceptors (Lipinski definition) is 4. The fraction of sp³-hybridized carbons (Fsp3) is 0.333. The molecule has 2 amide bonds. The third kappa shape index (κ3) is 5.23. The van der Waals surface area contributed by atoms with Crippen molar-refractivity contribution in [1.82, 2.24) is 5.32 Å². The maximum absolute atomic E-state index is 12.5. The SMILES string of the molecule is C[C@@H](NC(=O)OCc1ccccc1)C(=O)Nc1ccccc1N1CCCC1. The van der Waals surface area contributed by atoms with Gasteiger partial charge in [-0.3, -0.25) is 4.79 Å². The number of hydrogen-bond donors (Lipinski definition) is 2. The van der Waals surface area contributed by atoms with Crippen LogP contribution in [0.15, 0.2) is 54.6 Å². The van der Waals surface area contributed by atoms with E-state index in [1.165, 1.54) is 0 Å². The lowest BCUT2D eigenvalue weighted by atomic mass is 10.2. The van der Waals surface area contributed by atoms with Crippen molar-refractivity contribution in [2.75, 3.05) is 23.3 Å². The fourth-order valence-corrected chi connectivity index (χ4v) is 3.06. The Morgan fingerprint density at radius 3 is 2.44 bits per heavy atom. The number of ether oxygens (including phenoxy) is 1. The zero-order chi connectivity index (χ0) is 19.1. The second-order valence-electron chi connectivity index (χ2n) is 6.63. The maximum atomic E-state index is 12.5. The summed E-state index contributed by atoms with van der Waals surface area (Å²) in [6.07, 6.45) is 1.70. The van der Waals surface area contributed by atoms with Crippen molar-refractivity contribution in [2.24, 2.45) is 0 Å². The van der Waals surface area contributed by atoms with Gasteiger partial charge in [-0.05, 0) is 37.5 Å². The van der Waals surface area contributed by atoms with Gasteiger partial charge in [0.1, 0.15) is 12.6 Å². The Kier molecular flexibility index (Phi) is 6.30. The van der Waals surface area contributed by atoms with Crippen molar-refractivity contribution in [3.8, 4) is 0 Å². The molecule has 0 aliphatic carbocycles. The third-order valence-corrected chi connectivity index (χ3v) is 4.55. The van der Waals surface area contributed by atoms with Crippen LogP contribution < -0.4 is 15.5 Å². The molecule has 27 heavy (non-hydrogen) atoms. The van der Waals surface area contributed by atoms with Crippen LogP contribution in [0, 0.1) is 0 Å². The number of benzene rings is 2. The lowest BCUT2D eigenvalue weighted by Gasteiger charge is -2.22. The predicted octanol–water partition coefficient (Wildman–Crippen LogP) is 3.54. The molecule has 6 heteroatoms. The molecule has 1 fully saturated rings. The fourth-order valence-electron chi connectivity index (χ4n) is 3.06. The summed E-state index contributed by atoms with van der Waals surface area (Å²) in [5.41, 5.74) is 2.67. The summed E-state index contributed by atoms with van der Waals surface area (Å²) in [5, 5.41) is 5.49. The zero-order valence-corrected chi connectivity index (χ0v) is 15.5. The first-order valence-electron chi connectivity index (χ1n) is 9.25. The van der Waals surface area contributed by atoms with Crippen LogP contribution in [0.2, 0.25) is 0 Å². The minimum atomic E-state index is -0.708. The molecular formula is C21H25N3O3. The van der Waals surface area contributed by atoms with Gasteiger partial charge >= 0.3 is 6.09 Å². The average Bonchev–Trinajstić information content (AvgIpc) is 3.22. The Morgan fingerprint density at radius 2 is 1.70 bits per heavy atom. The Bertz CT molecular complexity index is 773. The van der Waals surface area contributed by atoms with E-state index in [-0.39, 0.29) is 12.5 Å². The van der Waals surface area contributed by atoms with Gasteiger partial charge < -0.3 is 20.3 Å². The molecule has 0 radical (unpaired) electrons. The van der Waals surface area contributed by atoms with Gasteiger partial charge in [-0.15, -0.1) is 0 Å². The maximum Gasteiger partial charge on any atom is 0.408 e. The molecule has 1 saturated heterocycles. The van der Waals surface area contributed by atoms with Gasteiger partial charge in [-0.25, -0.2) is 4.79 Å². The van der Waals surface area contributed by atoms with E-state index >= 15 is 0 Å². The van der Waals surface area contributed by atoms with Crippen LogP contribution >= 0.6 is 0 Å². The molecule has 1 aliphatic rings. The Balaban J connectivity index is 1.52. The quantitative estimate of drug-likeness (QED) is 0.819. The Labute approximate surface area is 159 Å². The van der Waals surface area contributed by atoms with Gasteiger partial charge in [0.05, 0.1) is 11.4 Å². The van der Waals surface area contributed by atoms with Crippen LogP contribution in [-0.4, -0.2) is 31.1 Å². The van der Waals surface area contributed by atoms with E-state index in [9.17, 15) is 9.59 Å². The normalized spacial score (nSPS) is 14.5. The van der Waals surface area contributed by atoms with Crippen molar-refractivity contribution in [3.63, 3.8) is 0 Å². The van der Waals surface area contributed by atoms with Gasteiger partial charge in [-0.1, -0.05) is 42.5 Å². The number of anilines is 2. The number of carbonyl (C=O) groups is 2. The molecule has 2 aromatic rings. The lowest BCUT2D eigenvalue weighted by Crippen LogP contribution is -2.42. The molecule has 0 aromatic heterocycles. The number of para-hydroxylation sites is 2. The van der Waals surface area contributed by atoms with Gasteiger partial charge in [-0.2, -0.15) is 0 Å². The summed E-state index contributed by atoms with van der Waals surface area (Å²) in [6.45, 7) is 3.79. The first-order valence-corrected chi connectivity index (χ1v) is 9.25. The van der Waals surface area contributed by atoms with Crippen molar-refractivity contribution in [1.29, 1.82) is 0 Å². The molecule has 2 aromatic carbocycles. The number of nitrogens with zero attached hydrogens (tertiary/aromatic N) is 1. The molecule has 2 N–H and O–H groups in total. The highest BCUT2D eigenvalue weighted by molar-refractivity contribution is 5.98. The summed E-state index contributed by atoms with van der Waals surface area (Å²) in [4.78, 5) is 26.7. The van der Waals surface area contributed by atoms with Crippen LogP contribution in [0.25, 0.3) is 0 Å². The summed E-state index contributed by atoms with van der Waals surface area (Å²) < 4.78 is 5.17. The highest BCUT2D eigenvalue weighted by Gasteiger charge is 2.20. The number of carbonyl (C=O) groups excluding carboxylic acids is 2. The molecular weight excluding hydrogens is 342 g/mol. The molecule has 0 saturated carbocycles. The van der Waals surface area contributed by atoms with Gasteiger partial charge in [0.25, 0.3) is 0 Å². The van der Waals surface area contributed by atoms with Crippen LogP contribution in [0.1, 0.15) is 25.3 Å². The zero-order valence-electron chi connectivity index (χ0n) is 15.5. The van der Waals surface area contributed by atoms with E-state index in [1.54, 1.807) is 6.92 Å². The summed E-state index contributed by atoms with van der Waals surface area (Å²) >= 11 is 0. The highest BCUT2D eigenvalue weighted by Crippen LogP contribution is 2.28. The molecule has 1 heterocycles. The molecule has 142 valence electrons. The third-order valence-electron chi connectivity index (χ3n) is 4.55. The summed E-state index contributed by atoms with van der Waals surface area (Å²) in [7, 11) is 0. The summed E-state index contributed by atoms with van der Waals surface area (Å²) in [5.74, 6) is -0.279. The summed E-state index contributed by atoms with van der Waals surface area (Å²) in [6, 6.07) is 16.4. The van der Waals surface area contributed by atoms with E-state index in [0.29, 0.717) is 0 Å². The van der Waals surface area contributed by atoms with Crippen molar-refractivity contribution in [3.05, 3.63) is 60.2 Å². The predicted molar refractivity (Wildman–Crippen MR) is 106 cm³/mol. The minimum Gasteiger partial charge on any atom is -0.445 e. The molecule has 0 unspecified atom stereocenters. The Hall–Kier alpha value is -3.02. The molecule has 3 rings (SSSR count). The number of rotatable bonds is 6. The molecule has 0 spiro atoms. The van der Waals surface area contributed by atoms with Crippen molar-refractivity contribution in [2.45, 2.75) is 32.4 Å². The van der Waals surface area contributed by atoms with Crippen molar-refractivity contribution < 1.29 is 14.3 Å². The molecule has 1 aliphatic heterocycles. The smallest absolute Gasteiger partial charge is 0.408 e. The number of amides is 2. The van der Waals surface area contributed by atoms with Crippen molar-refractivity contribution >= 4 is 23.4 Å². The minimum absolute atomic E-state index is 0.165. The van der Waals surface area contributed by atoms with E-state index < -0.39 is 12.1 Å². The van der Waals surface area contributed by atoms with Gasteiger partial charge in [0, 0.05) is 13.1 Å². The second-order valence-corrected chi connectivity index (χ2v) is 6.63. The molecule has 0 bridgehead atoms. The van der Waals surface area contributed by atoms with E-state index in [4.69, 9.17) is 4.74 Å². The number of nitrogens with one attached hydrogen (secondary N) is 2. The number of alkyl carbamates (subject to hydrolysis) is 1. The largest absolute Gasteiger partial charge is 0.445 e. The molecule has 6 nitrogen and oxygen atoms in total. The second kappa shape index (κ2) is 9.07. The monoisotopic (exact) mass is 367 g/mol. The van der Waals surface area contributed by atoms with Gasteiger partial charge in [0.15, 0.2) is 0 Å². The topological polar surface area (TPSA) is 70.7 Å².